The molecule has 0 radical (unpaired) electrons. The zero-order chi connectivity index (χ0) is 17.1. The Kier molecular flexibility index (Phi) is 4.26. The predicted octanol–water partition coefficient (Wildman–Crippen LogP) is 2.71. The Morgan fingerprint density at radius 3 is 3.08 bits per heavy atom. The summed E-state index contributed by atoms with van der Waals surface area (Å²) in [5, 5.41) is 13.6. The molecule has 2 N–H and O–H groups in total. The van der Waals surface area contributed by atoms with E-state index in [9.17, 15) is 4.79 Å². The highest BCUT2D eigenvalue weighted by Gasteiger charge is 2.14. The van der Waals surface area contributed by atoms with E-state index in [2.05, 4.69) is 15.5 Å². The van der Waals surface area contributed by atoms with Crippen LogP contribution in [-0.4, -0.2) is 22.9 Å². The normalized spacial score (nSPS) is 12.2. The Morgan fingerprint density at radius 1 is 1.28 bits per heavy atom. The molecule has 0 aliphatic carbocycles. The first-order valence-corrected chi connectivity index (χ1v) is 8.58. The summed E-state index contributed by atoms with van der Waals surface area (Å²) >= 11 is 1.60. The number of rotatable bonds is 6. The molecule has 1 amide bonds. The number of hydrogen-bond acceptors (Lipinski definition) is 6. The van der Waals surface area contributed by atoms with Crippen LogP contribution < -0.4 is 19.5 Å². The predicted molar refractivity (Wildman–Crippen MR) is 91.0 cm³/mol. The van der Waals surface area contributed by atoms with Gasteiger partial charge in [0.25, 0.3) is 5.91 Å². The average molecular weight is 357 g/mol. The summed E-state index contributed by atoms with van der Waals surface area (Å²) < 4.78 is 16.3. The number of benzene rings is 1. The third kappa shape index (κ3) is 3.58. The molecular formula is C17H15N3O4S. The van der Waals surface area contributed by atoms with Gasteiger partial charge in [0, 0.05) is 12.6 Å². The van der Waals surface area contributed by atoms with Gasteiger partial charge in [0.2, 0.25) is 6.79 Å². The smallest absolute Gasteiger partial charge is 0.272 e. The van der Waals surface area contributed by atoms with E-state index < -0.39 is 0 Å². The first-order chi connectivity index (χ1) is 12.3. The van der Waals surface area contributed by atoms with Gasteiger partial charge < -0.3 is 19.5 Å². The third-order valence-electron chi connectivity index (χ3n) is 3.64. The number of nitrogens with zero attached hydrogens (tertiary/aromatic N) is 1. The van der Waals surface area contributed by atoms with E-state index in [-0.39, 0.29) is 19.3 Å². The van der Waals surface area contributed by atoms with Gasteiger partial charge in [-0.2, -0.15) is 16.4 Å². The zero-order valence-corrected chi connectivity index (χ0v) is 14.0. The second-order valence-corrected chi connectivity index (χ2v) is 6.18. The Hall–Kier alpha value is -3.00. The molecule has 0 atom stereocenters. The quantitative estimate of drug-likeness (QED) is 0.708. The zero-order valence-electron chi connectivity index (χ0n) is 13.2. The summed E-state index contributed by atoms with van der Waals surface area (Å²) in [6.07, 6.45) is 0. The van der Waals surface area contributed by atoms with E-state index >= 15 is 0 Å². The minimum atomic E-state index is -0.225. The lowest BCUT2D eigenvalue weighted by Gasteiger charge is -2.05. The second kappa shape index (κ2) is 6.86. The first kappa shape index (κ1) is 15.5. The number of hydrogen-bond donors (Lipinski definition) is 2. The number of ether oxygens (including phenoxy) is 3. The molecule has 0 saturated heterocycles. The third-order valence-corrected chi connectivity index (χ3v) is 4.37. The van der Waals surface area contributed by atoms with Crippen LogP contribution in [0.15, 0.2) is 41.1 Å². The molecule has 0 spiro atoms. The highest BCUT2D eigenvalue weighted by molar-refractivity contribution is 7.07. The first-order valence-electron chi connectivity index (χ1n) is 7.64. The standard InChI is InChI=1S/C17H15N3O4S/c21-17(18-7-11-3-4-25-9-11)14-5-12(19-20-14)8-22-13-1-2-15-16(6-13)24-10-23-15/h1-6,9H,7-8,10H2,(H,18,21)(H,19,20). The van der Waals surface area contributed by atoms with Gasteiger partial charge in [-0.05, 0) is 40.6 Å². The van der Waals surface area contributed by atoms with Crippen LogP contribution in [0.2, 0.25) is 0 Å². The van der Waals surface area contributed by atoms with Crippen molar-refractivity contribution >= 4 is 17.2 Å². The van der Waals surface area contributed by atoms with Crippen LogP contribution in [-0.2, 0) is 13.2 Å². The number of nitrogens with one attached hydrogen (secondary N) is 2. The van der Waals surface area contributed by atoms with Gasteiger partial charge in [-0.15, -0.1) is 0 Å². The van der Waals surface area contributed by atoms with Crippen molar-refractivity contribution in [2.45, 2.75) is 13.2 Å². The fraction of sp³-hybridized carbons (Fsp3) is 0.176. The van der Waals surface area contributed by atoms with Crippen LogP contribution in [0.1, 0.15) is 21.7 Å². The number of carbonyl (C=O) groups is 1. The minimum Gasteiger partial charge on any atom is -0.487 e. The van der Waals surface area contributed by atoms with Crippen molar-refractivity contribution in [2.75, 3.05) is 6.79 Å². The molecule has 7 nitrogen and oxygen atoms in total. The summed E-state index contributed by atoms with van der Waals surface area (Å²) in [6, 6.07) is 9.02. The van der Waals surface area contributed by atoms with Crippen LogP contribution in [0.4, 0.5) is 0 Å². The summed E-state index contributed by atoms with van der Waals surface area (Å²) in [5.74, 6) is 1.80. The topological polar surface area (TPSA) is 85.5 Å². The van der Waals surface area contributed by atoms with E-state index in [1.54, 1.807) is 35.6 Å². The molecular weight excluding hydrogens is 342 g/mol. The van der Waals surface area contributed by atoms with Crippen LogP contribution in [0.25, 0.3) is 0 Å². The summed E-state index contributed by atoms with van der Waals surface area (Å²) in [7, 11) is 0. The van der Waals surface area contributed by atoms with Crippen molar-refractivity contribution in [1.29, 1.82) is 0 Å². The number of fused-ring (bicyclic) bond motifs is 1. The van der Waals surface area contributed by atoms with Crippen LogP contribution in [0.3, 0.4) is 0 Å². The minimum absolute atomic E-state index is 0.225. The SMILES string of the molecule is O=C(NCc1ccsc1)c1cc(COc2ccc3c(c2)OCO3)[nH]n1. The summed E-state index contributed by atoms with van der Waals surface area (Å²) in [6.45, 7) is 0.978. The van der Waals surface area contributed by atoms with Gasteiger partial charge in [-0.1, -0.05) is 0 Å². The monoisotopic (exact) mass is 357 g/mol. The van der Waals surface area contributed by atoms with Crippen LogP contribution >= 0.6 is 11.3 Å². The molecule has 3 aromatic rings. The van der Waals surface area contributed by atoms with Gasteiger partial charge in [-0.3, -0.25) is 9.89 Å². The Morgan fingerprint density at radius 2 is 2.20 bits per heavy atom. The maximum Gasteiger partial charge on any atom is 0.272 e. The summed E-state index contributed by atoms with van der Waals surface area (Å²) in [4.78, 5) is 12.1. The molecule has 0 unspecified atom stereocenters. The van der Waals surface area contributed by atoms with Crippen molar-refractivity contribution in [3.05, 3.63) is 58.0 Å². The van der Waals surface area contributed by atoms with Gasteiger partial charge in [0.1, 0.15) is 18.1 Å². The molecule has 0 saturated carbocycles. The van der Waals surface area contributed by atoms with Gasteiger partial charge in [0.15, 0.2) is 11.5 Å². The maximum absolute atomic E-state index is 12.1. The molecule has 3 heterocycles. The van der Waals surface area contributed by atoms with Crippen molar-refractivity contribution in [3.8, 4) is 17.2 Å². The number of H-pyrrole nitrogens is 1. The molecule has 1 aliphatic heterocycles. The molecule has 2 aromatic heterocycles. The van der Waals surface area contributed by atoms with Crippen molar-refractivity contribution in [3.63, 3.8) is 0 Å². The molecule has 0 bridgehead atoms. The highest BCUT2D eigenvalue weighted by Crippen LogP contribution is 2.35. The van der Waals surface area contributed by atoms with Gasteiger partial charge in [-0.25, -0.2) is 0 Å². The van der Waals surface area contributed by atoms with Crippen molar-refractivity contribution in [2.24, 2.45) is 0 Å². The molecule has 128 valence electrons. The number of amides is 1. The Labute approximate surface area is 147 Å². The lowest BCUT2D eigenvalue weighted by molar-refractivity contribution is 0.0946. The van der Waals surface area contributed by atoms with E-state index in [1.807, 2.05) is 16.8 Å². The fourth-order valence-corrected chi connectivity index (χ4v) is 3.01. The lowest BCUT2D eigenvalue weighted by Crippen LogP contribution is -2.22. The van der Waals surface area contributed by atoms with Crippen molar-refractivity contribution < 1.29 is 19.0 Å². The molecule has 4 rings (SSSR count). The molecule has 1 aliphatic rings. The Balaban J connectivity index is 1.32. The molecule has 25 heavy (non-hydrogen) atoms. The van der Waals surface area contributed by atoms with E-state index in [0.717, 1.165) is 5.56 Å². The number of carbonyl (C=O) groups excluding carboxylic acids is 1. The maximum atomic E-state index is 12.1. The van der Waals surface area contributed by atoms with Crippen LogP contribution in [0.5, 0.6) is 17.2 Å². The average Bonchev–Trinajstić information content (AvgIpc) is 3.39. The summed E-state index contributed by atoms with van der Waals surface area (Å²) in [5.41, 5.74) is 2.11. The molecule has 1 aromatic carbocycles. The van der Waals surface area contributed by atoms with Gasteiger partial charge in [0.05, 0.1) is 5.69 Å². The Bertz CT molecular complexity index is 876. The van der Waals surface area contributed by atoms with Crippen LogP contribution in [0, 0.1) is 0 Å². The lowest BCUT2D eigenvalue weighted by atomic mass is 10.3. The van der Waals surface area contributed by atoms with E-state index in [0.29, 0.717) is 35.2 Å². The molecule has 8 heteroatoms. The number of aromatic amines is 1. The highest BCUT2D eigenvalue weighted by atomic mass is 32.1. The van der Waals surface area contributed by atoms with E-state index in [4.69, 9.17) is 14.2 Å². The van der Waals surface area contributed by atoms with Gasteiger partial charge >= 0.3 is 0 Å². The fourth-order valence-electron chi connectivity index (χ4n) is 2.35. The second-order valence-electron chi connectivity index (χ2n) is 5.40. The van der Waals surface area contributed by atoms with Crippen molar-refractivity contribution in [1.82, 2.24) is 15.5 Å². The largest absolute Gasteiger partial charge is 0.487 e. The van der Waals surface area contributed by atoms with E-state index in [1.165, 1.54) is 0 Å². The molecule has 0 fully saturated rings. The number of aromatic nitrogens is 2. The number of thiophene rings is 1.